The Morgan fingerprint density at radius 1 is 1.19 bits per heavy atom. The number of hydrogen-bond donors (Lipinski definition) is 1. The smallest absolute Gasteiger partial charge is 0.420 e. The van der Waals surface area contributed by atoms with Gasteiger partial charge in [0.25, 0.3) is 0 Å². The number of carbonyl (C=O) groups is 2. The van der Waals surface area contributed by atoms with Gasteiger partial charge in [-0.1, -0.05) is 11.6 Å². The van der Waals surface area contributed by atoms with E-state index in [0.29, 0.717) is 22.0 Å². The minimum Gasteiger partial charge on any atom is -0.495 e. The zero-order valence-electron chi connectivity index (χ0n) is 14.4. The number of rotatable bonds is 5. The van der Waals surface area contributed by atoms with Crippen LogP contribution in [0.1, 0.15) is 10.4 Å². The van der Waals surface area contributed by atoms with E-state index in [-0.39, 0.29) is 17.7 Å². The van der Waals surface area contributed by atoms with Crippen molar-refractivity contribution < 1.29 is 23.5 Å². The van der Waals surface area contributed by atoms with E-state index in [1.54, 1.807) is 12.1 Å². The van der Waals surface area contributed by atoms with Gasteiger partial charge in [0.05, 0.1) is 31.0 Å². The molecule has 0 fully saturated rings. The third-order valence-corrected chi connectivity index (χ3v) is 4.06. The van der Waals surface area contributed by atoms with Crippen molar-refractivity contribution >= 4 is 40.3 Å². The predicted molar refractivity (Wildman–Crippen MR) is 98.4 cm³/mol. The van der Waals surface area contributed by atoms with Crippen molar-refractivity contribution in [2.75, 3.05) is 19.5 Å². The van der Waals surface area contributed by atoms with Crippen molar-refractivity contribution in [3.8, 4) is 5.75 Å². The molecule has 0 radical (unpaired) electrons. The summed E-state index contributed by atoms with van der Waals surface area (Å²) in [4.78, 5) is 36.1. The molecule has 3 rings (SSSR count). The van der Waals surface area contributed by atoms with Crippen molar-refractivity contribution in [3.05, 3.63) is 57.5 Å². The second-order valence-electron chi connectivity index (χ2n) is 5.52. The van der Waals surface area contributed by atoms with Gasteiger partial charge in [-0.25, -0.2) is 9.59 Å². The van der Waals surface area contributed by atoms with Crippen LogP contribution in [0.4, 0.5) is 5.69 Å². The number of esters is 1. The Morgan fingerprint density at radius 2 is 1.96 bits per heavy atom. The van der Waals surface area contributed by atoms with Crippen LogP contribution in [-0.4, -0.2) is 30.7 Å². The Labute approximate surface area is 158 Å². The average Bonchev–Trinajstić information content (AvgIpc) is 2.95. The Bertz CT molecular complexity index is 1090. The second-order valence-corrected chi connectivity index (χ2v) is 5.96. The average molecular weight is 391 g/mol. The molecule has 0 atom stereocenters. The molecule has 0 aliphatic carbocycles. The molecule has 8 nitrogen and oxygen atoms in total. The van der Waals surface area contributed by atoms with Crippen molar-refractivity contribution in [3.63, 3.8) is 0 Å². The van der Waals surface area contributed by atoms with Crippen molar-refractivity contribution in [1.29, 1.82) is 0 Å². The molecule has 9 heteroatoms. The summed E-state index contributed by atoms with van der Waals surface area (Å²) in [5.41, 5.74) is 1.17. The highest BCUT2D eigenvalue weighted by molar-refractivity contribution is 6.31. The minimum atomic E-state index is -0.722. The molecule has 0 bridgehead atoms. The number of oxazole rings is 1. The molecule has 0 saturated heterocycles. The molecule has 0 unspecified atom stereocenters. The monoisotopic (exact) mass is 390 g/mol. The van der Waals surface area contributed by atoms with Gasteiger partial charge in [-0.2, -0.15) is 0 Å². The van der Waals surface area contributed by atoms with Gasteiger partial charge < -0.3 is 19.2 Å². The summed E-state index contributed by atoms with van der Waals surface area (Å²) in [6, 6.07) is 9.17. The highest BCUT2D eigenvalue weighted by Crippen LogP contribution is 2.27. The first-order chi connectivity index (χ1) is 12.9. The van der Waals surface area contributed by atoms with Crippen LogP contribution in [0.15, 0.2) is 45.6 Å². The number of fused-ring (bicyclic) bond motifs is 1. The van der Waals surface area contributed by atoms with E-state index in [4.69, 9.17) is 20.8 Å². The number of halogens is 1. The maximum Gasteiger partial charge on any atom is 0.420 e. The molecular formula is C18H15ClN2O6. The number of benzene rings is 2. The number of amides is 1. The maximum atomic E-state index is 12.4. The van der Waals surface area contributed by atoms with Gasteiger partial charge in [0, 0.05) is 5.02 Å². The summed E-state index contributed by atoms with van der Waals surface area (Å²) in [5, 5.41) is 3.07. The molecule has 0 aliphatic rings. The van der Waals surface area contributed by atoms with E-state index in [9.17, 15) is 14.4 Å². The summed E-state index contributed by atoms with van der Waals surface area (Å²) >= 11 is 5.94. The van der Waals surface area contributed by atoms with Gasteiger partial charge in [-0.15, -0.1) is 0 Å². The number of hydrogen-bond acceptors (Lipinski definition) is 6. The molecule has 2 aromatic carbocycles. The highest BCUT2D eigenvalue weighted by Gasteiger charge is 2.16. The number of aromatic nitrogens is 1. The largest absolute Gasteiger partial charge is 0.495 e. The summed E-state index contributed by atoms with van der Waals surface area (Å²) in [5.74, 6) is -1.32. The lowest BCUT2D eigenvalue weighted by atomic mass is 10.2. The molecule has 3 aromatic rings. The van der Waals surface area contributed by atoms with Crippen molar-refractivity contribution in [2.45, 2.75) is 6.54 Å². The van der Waals surface area contributed by atoms with Gasteiger partial charge >= 0.3 is 11.7 Å². The third kappa shape index (κ3) is 3.80. The molecular weight excluding hydrogens is 376 g/mol. The number of carbonyl (C=O) groups excluding carboxylic acids is 2. The third-order valence-electron chi connectivity index (χ3n) is 3.83. The molecule has 1 amide bonds. The van der Waals surface area contributed by atoms with Crippen LogP contribution >= 0.6 is 11.6 Å². The molecule has 1 heterocycles. The summed E-state index contributed by atoms with van der Waals surface area (Å²) < 4.78 is 16.1. The Kier molecular flexibility index (Phi) is 5.18. The molecule has 0 spiro atoms. The topological polar surface area (TPSA) is 99.8 Å². The number of anilines is 1. The lowest BCUT2D eigenvalue weighted by Crippen LogP contribution is -2.25. The van der Waals surface area contributed by atoms with Gasteiger partial charge in [-0.3, -0.25) is 9.36 Å². The number of nitrogens with zero attached hydrogens (tertiary/aromatic N) is 1. The Hall–Kier alpha value is -3.26. The van der Waals surface area contributed by atoms with E-state index in [2.05, 4.69) is 10.1 Å². The summed E-state index contributed by atoms with van der Waals surface area (Å²) in [7, 11) is 2.72. The highest BCUT2D eigenvalue weighted by atomic mass is 35.5. The van der Waals surface area contributed by atoms with Crippen LogP contribution in [0.5, 0.6) is 5.75 Å². The second kappa shape index (κ2) is 7.55. The maximum absolute atomic E-state index is 12.4. The van der Waals surface area contributed by atoms with Crippen LogP contribution in [0.25, 0.3) is 11.1 Å². The van der Waals surface area contributed by atoms with E-state index in [1.165, 1.54) is 38.5 Å². The first-order valence-corrected chi connectivity index (χ1v) is 8.16. The van der Waals surface area contributed by atoms with E-state index >= 15 is 0 Å². The molecule has 27 heavy (non-hydrogen) atoms. The summed E-state index contributed by atoms with van der Waals surface area (Å²) in [6.07, 6.45) is 0. The number of ether oxygens (including phenoxy) is 2. The minimum absolute atomic E-state index is 0.177. The standard InChI is InChI=1S/C18H15ClN2O6/c1-25-14-6-4-11(19)8-12(14)20-16(22)9-21-13-5-3-10(17(23)26-2)7-15(13)27-18(21)24/h3-8H,9H2,1-2H3,(H,20,22). The first kappa shape index (κ1) is 18.5. The molecule has 1 N–H and O–H groups in total. The predicted octanol–water partition coefficient (Wildman–Crippen LogP) is 2.68. The number of methoxy groups -OCH3 is 2. The fraction of sp³-hybridized carbons (Fsp3) is 0.167. The van der Waals surface area contributed by atoms with E-state index in [0.717, 1.165) is 4.57 Å². The zero-order valence-corrected chi connectivity index (χ0v) is 15.2. The first-order valence-electron chi connectivity index (χ1n) is 7.78. The Balaban J connectivity index is 1.87. The molecule has 1 aromatic heterocycles. The van der Waals surface area contributed by atoms with Crippen molar-refractivity contribution in [1.82, 2.24) is 4.57 Å². The van der Waals surface area contributed by atoms with Gasteiger partial charge in [-0.05, 0) is 36.4 Å². The number of nitrogens with one attached hydrogen (secondary N) is 1. The fourth-order valence-corrected chi connectivity index (χ4v) is 2.74. The van der Waals surface area contributed by atoms with Gasteiger partial charge in [0.2, 0.25) is 5.91 Å². The van der Waals surface area contributed by atoms with Crippen LogP contribution in [-0.2, 0) is 16.1 Å². The van der Waals surface area contributed by atoms with Crippen LogP contribution in [0, 0.1) is 0 Å². The lowest BCUT2D eigenvalue weighted by Gasteiger charge is -2.10. The van der Waals surface area contributed by atoms with Crippen LogP contribution in [0.3, 0.4) is 0 Å². The Morgan fingerprint density at radius 3 is 2.67 bits per heavy atom. The SMILES string of the molecule is COC(=O)c1ccc2c(c1)oc(=O)n2CC(=O)Nc1cc(Cl)ccc1OC. The molecule has 0 saturated carbocycles. The normalized spacial score (nSPS) is 10.6. The van der Waals surface area contributed by atoms with E-state index in [1.807, 2.05) is 0 Å². The lowest BCUT2D eigenvalue weighted by molar-refractivity contribution is -0.116. The van der Waals surface area contributed by atoms with Crippen LogP contribution in [0.2, 0.25) is 5.02 Å². The molecule has 140 valence electrons. The molecule has 0 aliphatic heterocycles. The van der Waals surface area contributed by atoms with Crippen LogP contribution < -0.4 is 15.8 Å². The van der Waals surface area contributed by atoms with E-state index < -0.39 is 17.6 Å². The zero-order chi connectivity index (χ0) is 19.6. The van der Waals surface area contributed by atoms with Crippen molar-refractivity contribution in [2.24, 2.45) is 0 Å². The van der Waals surface area contributed by atoms with Gasteiger partial charge in [0.15, 0.2) is 5.58 Å². The quantitative estimate of drug-likeness (QED) is 0.672. The fourth-order valence-electron chi connectivity index (χ4n) is 2.57. The summed E-state index contributed by atoms with van der Waals surface area (Å²) in [6.45, 7) is -0.293. The van der Waals surface area contributed by atoms with Gasteiger partial charge in [0.1, 0.15) is 12.3 Å².